The van der Waals surface area contributed by atoms with Crippen LogP contribution in [-0.2, 0) is 23.8 Å². The number of ether oxygens (including phenoxy) is 4. The first-order valence-corrected chi connectivity index (χ1v) is 5.90. The molecule has 0 unspecified atom stereocenters. The molecule has 6 heteroatoms. The molecule has 5 atom stereocenters. The monoisotopic (exact) mass is 241 g/mol. The molecule has 0 aromatic heterocycles. The van der Waals surface area contributed by atoms with Crippen molar-refractivity contribution in [1.82, 2.24) is 0 Å². The summed E-state index contributed by atoms with van der Waals surface area (Å²) in [6, 6.07) is 0. The summed E-state index contributed by atoms with van der Waals surface area (Å²) in [7, 11) is 0. The SMILES string of the molecule is CC1(C)OC[C@H](C2=NO[C@@H]3[C@H]2O[C@]2(C)O[C@@H]32)O1. The molecule has 6 nitrogen and oxygen atoms in total. The zero-order valence-corrected chi connectivity index (χ0v) is 10.0. The highest BCUT2D eigenvalue weighted by molar-refractivity contribution is 5.95. The van der Waals surface area contributed by atoms with Crippen molar-refractivity contribution < 1.29 is 23.8 Å². The Morgan fingerprint density at radius 1 is 1.18 bits per heavy atom. The average molecular weight is 241 g/mol. The molecule has 0 N–H and O–H groups in total. The maximum absolute atomic E-state index is 5.83. The van der Waals surface area contributed by atoms with Crippen LogP contribution >= 0.6 is 0 Å². The molecule has 17 heavy (non-hydrogen) atoms. The molecule has 0 aromatic carbocycles. The van der Waals surface area contributed by atoms with Crippen LogP contribution in [0.4, 0.5) is 0 Å². The van der Waals surface area contributed by atoms with E-state index in [0.29, 0.717) is 6.61 Å². The van der Waals surface area contributed by atoms with E-state index < -0.39 is 11.6 Å². The second-order valence-corrected chi connectivity index (χ2v) is 5.50. The zero-order valence-electron chi connectivity index (χ0n) is 10.0. The minimum absolute atomic E-state index is 0.00378. The topological polar surface area (TPSA) is 61.8 Å². The maximum Gasteiger partial charge on any atom is 0.197 e. The first-order valence-electron chi connectivity index (χ1n) is 5.90. The number of hydrogen-bond acceptors (Lipinski definition) is 6. The van der Waals surface area contributed by atoms with Gasteiger partial charge in [-0.2, -0.15) is 0 Å². The Kier molecular flexibility index (Phi) is 1.70. The van der Waals surface area contributed by atoms with Gasteiger partial charge in [-0.15, -0.1) is 0 Å². The van der Waals surface area contributed by atoms with Crippen molar-refractivity contribution in [3.05, 3.63) is 0 Å². The van der Waals surface area contributed by atoms with Crippen molar-refractivity contribution in [3.63, 3.8) is 0 Å². The molecule has 3 saturated heterocycles. The van der Waals surface area contributed by atoms with Gasteiger partial charge in [0.05, 0.1) is 6.61 Å². The fourth-order valence-corrected chi connectivity index (χ4v) is 2.74. The number of fused-ring (bicyclic) bond motifs is 3. The minimum atomic E-state index is -0.562. The van der Waals surface area contributed by atoms with E-state index in [1.54, 1.807) is 0 Å². The van der Waals surface area contributed by atoms with Crippen molar-refractivity contribution in [2.75, 3.05) is 6.61 Å². The number of rotatable bonds is 1. The van der Waals surface area contributed by atoms with Gasteiger partial charge < -0.3 is 23.8 Å². The van der Waals surface area contributed by atoms with E-state index in [2.05, 4.69) is 5.16 Å². The fourth-order valence-electron chi connectivity index (χ4n) is 2.74. The lowest BCUT2D eigenvalue weighted by Crippen LogP contribution is -2.39. The summed E-state index contributed by atoms with van der Waals surface area (Å²) >= 11 is 0. The molecular formula is C11H15NO5. The van der Waals surface area contributed by atoms with E-state index in [4.69, 9.17) is 23.8 Å². The Bertz CT molecular complexity index is 409. The summed E-state index contributed by atoms with van der Waals surface area (Å²) in [4.78, 5) is 5.39. The van der Waals surface area contributed by atoms with E-state index in [-0.39, 0.29) is 24.4 Å². The van der Waals surface area contributed by atoms with Gasteiger partial charge in [-0.1, -0.05) is 5.16 Å². The minimum Gasteiger partial charge on any atom is -0.386 e. The molecule has 4 aliphatic heterocycles. The smallest absolute Gasteiger partial charge is 0.197 e. The normalized spacial score (nSPS) is 53.9. The Morgan fingerprint density at radius 2 is 2.00 bits per heavy atom. The highest BCUT2D eigenvalue weighted by atomic mass is 16.8. The van der Waals surface area contributed by atoms with Crippen LogP contribution in [0.25, 0.3) is 0 Å². The van der Waals surface area contributed by atoms with Crippen molar-refractivity contribution in [2.45, 2.75) is 56.8 Å². The van der Waals surface area contributed by atoms with Gasteiger partial charge in [0.1, 0.15) is 17.9 Å². The standard InChI is InChI=1S/C11H15NO5/c1-10(2)13-4-5(14-10)6-7-8(17-12-6)9-11(3,15-7)16-9/h5,7-9H,4H2,1-3H3/t5-,7+,8-,9+,11-/m1/s1. The van der Waals surface area contributed by atoms with Gasteiger partial charge in [0.25, 0.3) is 0 Å². The van der Waals surface area contributed by atoms with Crippen LogP contribution in [0.3, 0.4) is 0 Å². The number of oxime groups is 1. The summed E-state index contributed by atoms with van der Waals surface area (Å²) in [5, 5.41) is 4.08. The van der Waals surface area contributed by atoms with E-state index in [0.717, 1.165) is 5.71 Å². The Hall–Kier alpha value is -0.690. The molecule has 0 aliphatic carbocycles. The lowest BCUT2D eigenvalue weighted by atomic mass is 10.0. The van der Waals surface area contributed by atoms with Gasteiger partial charge in [-0.05, 0) is 20.8 Å². The van der Waals surface area contributed by atoms with Crippen molar-refractivity contribution in [2.24, 2.45) is 5.16 Å². The second-order valence-electron chi connectivity index (χ2n) is 5.50. The second kappa shape index (κ2) is 2.83. The molecule has 0 amide bonds. The van der Waals surface area contributed by atoms with Gasteiger partial charge in [0, 0.05) is 0 Å². The molecule has 4 aliphatic rings. The summed E-state index contributed by atoms with van der Waals surface area (Å²) in [6.07, 6.45) is -0.450. The third-order valence-corrected chi connectivity index (χ3v) is 3.69. The third kappa shape index (κ3) is 1.32. The summed E-state index contributed by atoms with van der Waals surface area (Å²) in [6.45, 7) is 6.19. The molecule has 4 rings (SSSR count). The first kappa shape index (κ1) is 10.3. The molecule has 4 heterocycles. The van der Waals surface area contributed by atoms with Gasteiger partial charge in [0.2, 0.25) is 0 Å². The van der Waals surface area contributed by atoms with Crippen LogP contribution in [0.15, 0.2) is 5.16 Å². The van der Waals surface area contributed by atoms with E-state index >= 15 is 0 Å². The van der Waals surface area contributed by atoms with Crippen LogP contribution in [0.2, 0.25) is 0 Å². The summed E-state index contributed by atoms with van der Waals surface area (Å²) in [5.74, 6) is -1.04. The van der Waals surface area contributed by atoms with Crippen molar-refractivity contribution >= 4 is 5.71 Å². The van der Waals surface area contributed by atoms with E-state index in [1.807, 2.05) is 20.8 Å². The highest BCUT2D eigenvalue weighted by Crippen LogP contribution is 2.51. The number of nitrogens with zero attached hydrogens (tertiary/aromatic N) is 1. The van der Waals surface area contributed by atoms with Crippen molar-refractivity contribution in [1.29, 1.82) is 0 Å². The van der Waals surface area contributed by atoms with Gasteiger partial charge in [-0.25, -0.2) is 0 Å². The van der Waals surface area contributed by atoms with Crippen molar-refractivity contribution in [3.8, 4) is 0 Å². The van der Waals surface area contributed by atoms with Crippen LogP contribution in [0.5, 0.6) is 0 Å². The fraction of sp³-hybridized carbons (Fsp3) is 0.909. The zero-order chi connectivity index (χ0) is 11.8. The molecule has 0 spiro atoms. The Labute approximate surface area is 98.8 Å². The Morgan fingerprint density at radius 3 is 2.71 bits per heavy atom. The average Bonchev–Trinajstić information content (AvgIpc) is 2.63. The lowest BCUT2D eigenvalue weighted by molar-refractivity contribution is -0.132. The van der Waals surface area contributed by atoms with Crippen LogP contribution in [0, 0.1) is 0 Å². The van der Waals surface area contributed by atoms with Crippen LogP contribution < -0.4 is 0 Å². The summed E-state index contributed by atoms with van der Waals surface area (Å²) in [5.41, 5.74) is 0.789. The highest BCUT2D eigenvalue weighted by Gasteiger charge is 2.72. The summed E-state index contributed by atoms with van der Waals surface area (Å²) < 4.78 is 22.5. The lowest BCUT2D eigenvalue weighted by Gasteiger charge is -2.19. The van der Waals surface area contributed by atoms with E-state index in [1.165, 1.54) is 0 Å². The Balaban J connectivity index is 1.54. The molecule has 3 fully saturated rings. The molecule has 0 bridgehead atoms. The van der Waals surface area contributed by atoms with Gasteiger partial charge >= 0.3 is 0 Å². The molecular weight excluding hydrogens is 226 g/mol. The maximum atomic E-state index is 5.83. The number of epoxide rings is 1. The van der Waals surface area contributed by atoms with Crippen LogP contribution in [-0.4, -0.2) is 48.3 Å². The molecule has 94 valence electrons. The number of hydrogen-bond donors (Lipinski definition) is 0. The van der Waals surface area contributed by atoms with Crippen LogP contribution in [0.1, 0.15) is 20.8 Å². The largest absolute Gasteiger partial charge is 0.386 e. The first-order chi connectivity index (χ1) is 7.99. The quantitative estimate of drug-likeness (QED) is 0.622. The third-order valence-electron chi connectivity index (χ3n) is 3.69. The molecule has 0 saturated carbocycles. The predicted octanol–water partition coefficient (Wildman–Crippen LogP) is 0.406. The van der Waals surface area contributed by atoms with E-state index in [9.17, 15) is 0 Å². The van der Waals surface area contributed by atoms with Gasteiger partial charge in [0.15, 0.2) is 23.8 Å². The van der Waals surface area contributed by atoms with Gasteiger partial charge in [-0.3, -0.25) is 0 Å². The molecule has 0 radical (unpaired) electrons. The predicted molar refractivity (Wildman–Crippen MR) is 55.4 cm³/mol. The molecule has 0 aromatic rings.